The number of carbonyl (C=O) groups excluding carboxylic acids is 1. The van der Waals surface area contributed by atoms with E-state index in [1.165, 1.54) is 25.7 Å². The zero-order chi connectivity index (χ0) is 13.9. The van der Waals surface area contributed by atoms with Gasteiger partial charge >= 0.3 is 0 Å². The number of carbonyl (C=O) groups is 1. The molecule has 2 N–H and O–H groups in total. The van der Waals surface area contributed by atoms with Crippen molar-refractivity contribution in [1.29, 1.82) is 0 Å². The smallest absolute Gasteiger partial charge is 0.220 e. The number of nitrogens with one attached hydrogen (secondary N) is 1. The lowest BCUT2D eigenvalue weighted by molar-refractivity contribution is -0.122. The quantitative estimate of drug-likeness (QED) is 0.886. The molecule has 20 heavy (non-hydrogen) atoms. The highest BCUT2D eigenvalue weighted by Gasteiger charge is 2.31. The fourth-order valence-corrected chi connectivity index (χ4v) is 3.63. The third kappa shape index (κ3) is 2.88. The van der Waals surface area contributed by atoms with Crippen LogP contribution in [-0.4, -0.2) is 17.1 Å². The average Bonchev–Trinajstić information content (AvgIpc) is 3.06. The van der Waals surface area contributed by atoms with Crippen molar-refractivity contribution in [2.45, 2.75) is 57.1 Å². The van der Waals surface area contributed by atoms with E-state index in [1.54, 1.807) is 0 Å². The fraction of sp³-hybridized carbons (Fsp3) is 0.588. The highest BCUT2D eigenvalue weighted by Crippen LogP contribution is 2.32. The molecule has 0 aliphatic heterocycles. The SMILES string of the molecule is O=C(CCC1CCCC1)N[C@H]1c2ccccc2C[C@H]1O. The van der Waals surface area contributed by atoms with Crippen molar-refractivity contribution >= 4 is 5.91 Å². The topological polar surface area (TPSA) is 49.3 Å². The summed E-state index contributed by atoms with van der Waals surface area (Å²) < 4.78 is 0. The van der Waals surface area contributed by atoms with Gasteiger partial charge in [-0.1, -0.05) is 49.9 Å². The maximum absolute atomic E-state index is 12.1. The molecule has 1 saturated carbocycles. The summed E-state index contributed by atoms with van der Waals surface area (Å²) >= 11 is 0. The molecule has 0 bridgehead atoms. The molecule has 3 heteroatoms. The minimum absolute atomic E-state index is 0.0812. The van der Waals surface area contributed by atoms with Gasteiger partial charge in [0.15, 0.2) is 0 Å². The highest BCUT2D eigenvalue weighted by atomic mass is 16.3. The minimum Gasteiger partial charge on any atom is -0.390 e. The van der Waals surface area contributed by atoms with E-state index >= 15 is 0 Å². The number of hydrogen-bond acceptors (Lipinski definition) is 2. The number of benzene rings is 1. The van der Waals surface area contributed by atoms with Gasteiger partial charge in [0, 0.05) is 12.8 Å². The second-order valence-corrected chi connectivity index (χ2v) is 6.20. The van der Waals surface area contributed by atoms with Crippen LogP contribution in [0, 0.1) is 5.92 Å². The van der Waals surface area contributed by atoms with Crippen molar-refractivity contribution in [2.24, 2.45) is 5.92 Å². The summed E-state index contributed by atoms with van der Waals surface area (Å²) in [6.07, 6.45) is 6.95. The zero-order valence-electron chi connectivity index (χ0n) is 11.8. The Morgan fingerprint density at radius 1 is 1.25 bits per heavy atom. The van der Waals surface area contributed by atoms with Gasteiger partial charge in [0.1, 0.15) is 0 Å². The van der Waals surface area contributed by atoms with Crippen LogP contribution >= 0.6 is 0 Å². The Labute approximate surface area is 120 Å². The Balaban J connectivity index is 1.55. The number of aliphatic hydroxyl groups is 1. The molecule has 0 saturated heterocycles. The van der Waals surface area contributed by atoms with Crippen LogP contribution in [0.5, 0.6) is 0 Å². The van der Waals surface area contributed by atoms with Gasteiger partial charge in [-0.05, 0) is 23.5 Å². The van der Waals surface area contributed by atoms with Gasteiger partial charge in [-0.2, -0.15) is 0 Å². The first-order valence-corrected chi connectivity index (χ1v) is 7.79. The first-order chi connectivity index (χ1) is 9.74. The lowest BCUT2D eigenvalue weighted by Crippen LogP contribution is -2.33. The van der Waals surface area contributed by atoms with Crippen LogP contribution in [0.2, 0.25) is 0 Å². The van der Waals surface area contributed by atoms with E-state index in [2.05, 4.69) is 5.32 Å². The van der Waals surface area contributed by atoms with Gasteiger partial charge in [-0.3, -0.25) is 4.79 Å². The molecule has 3 nitrogen and oxygen atoms in total. The first-order valence-electron chi connectivity index (χ1n) is 7.79. The lowest BCUT2D eigenvalue weighted by atomic mass is 10.0. The molecule has 108 valence electrons. The molecule has 1 amide bonds. The van der Waals surface area contributed by atoms with Crippen molar-refractivity contribution in [2.75, 3.05) is 0 Å². The van der Waals surface area contributed by atoms with Crippen molar-refractivity contribution in [3.8, 4) is 0 Å². The van der Waals surface area contributed by atoms with E-state index in [-0.39, 0.29) is 11.9 Å². The number of amides is 1. The molecule has 2 aliphatic rings. The van der Waals surface area contributed by atoms with Crippen LogP contribution in [0.1, 0.15) is 55.7 Å². The van der Waals surface area contributed by atoms with Crippen LogP contribution in [0.3, 0.4) is 0 Å². The third-order valence-corrected chi connectivity index (χ3v) is 4.77. The van der Waals surface area contributed by atoms with Gasteiger partial charge in [0.2, 0.25) is 5.91 Å². The van der Waals surface area contributed by atoms with Crippen molar-refractivity contribution in [1.82, 2.24) is 5.32 Å². The average molecular weight is 273 g/mol. The Morgan fingerprint density at radius 2 is 2.00 bits per heavy atom. The summed E-state index contributed by atoms with van der Waals surface area (Å²) in [7, 11) is 0. The lowest BCUT2D eigenvalue weighted by Gasteiger charge is -2.18. The predicted molar refractivity (Wildman–Crippen MR) is 78.2 cm³/mol. The molecule has 0 spiro atoms. The monoisotopic (exact) mass is 273 g/mol. The molecule has 0 radical (unpaired) electrons. The molecule has 1 aromatic rings. The van der Waals surface area contributed by atoms with Gasteiger partial charge in [0.05, 0.1) is 12.1 Å². The van der Waals surface area contributed by atoms with Crippen molar-refractivity contribution < 1.29 is 9.90 Å². The zero-order valence-corrected chi connectivity index (χ0v) is 11.8. The molecule has 0 heterocycles. The minimum atomic E-state index is -0.483. The molecule has 2 aliphatic carbocycles. The van der Waals surface area contributed by atoms with Crippen LogP contribution in [0.4, 0.5) is 0 Å². The first kappa shape index (κ1) is 13.6. The second-order valence-electron chi connectivity index (χ2n) is 6.20. The van der Waals surface area contributed by atoms with E-state index in [0.29, 0.717) is 12.8 Å². The molecule has 1 aromatic carbocycles. The van der Waals surface area contributed by atoms with E-state index in [0.717, 1.165) is 23.5 Å². The maximum atomic E-state index is 12.1. The summed E-state index contributed by atoms with van der Waals surface area (Å²) in [5.41, 5.74) is 2.23. The van der Waals surface area contributed by atoms with Gasteiger partial charge in [-0.25, -0.2) is 0 Å². The van der Waals surface area contributed by atoms with Crippen LogP contribution < -0.4 is 5.32 Å². The molecular weight excluding hydrogens is 250 g/mol. The van der Waals surface area contributed by atoms with Gasteiger partial charge in [-0.15, -0.1) is 0 Å². The molecule has 1 fully saturated rings. The summed E-state index contributed by atoms with van der Waals surface area (Å²) in [6, 6.07) is 7.77. The number of aliphatic hydroxyl groups excluding tert-OH is 1. The predicted octanol–water partition coefficient (Wildman–Crippen LogP) is 2.73. The van der Waals surface area contributed by atoms with E-state index in [9.17, 15) is 9.90 Å². The summed E-state index contributed by atoms with van der Waals surface area (Å²) in [5, 5.41) is 13.1. The maximum Gasteiger partial charge on any atom is 0.220 e. The Morgan fingerprint density at radius 3 is 2.80 bits per heavy atom. The van der Waals surface area contributed by atoms with Gasteiger partial charge in [0.25, 0.3) is 0 Å². The second kappa shape index (κ2) is 5.96. The number of fused-ring (bicyclic) bond motifs is 1. The van der Waals surface area contributed by atoms with Crippen LogP contribution in [0.25, 0.3) is 0 Å². The molecule has 0 unspecified atom stereocenters. The van der Waals surface area contributed by atoms with Crippen LogP contribution in [-0.2, 0) is 11.2 Å². The summed E-state index contributed by atoms with van der Waals surface area (Å²) in [6.45, 7) is 0. The Bertz CT molecular complexity index is 480. The van der Waals surface area contributed by atoms with Crippen molar-refractivity contribution in [3.05, 3.63) is 35.4 Å². The molecule has 0 aromatic heterocycles. The van der Waals surface area contributed by atoms with E-state index in [4.69, 9.17) is 0 Å². The summed E-state index contributed by atoms with van der Waals surface area (Å²) in [5.74, 6) is 0.819. The standard InChI is InChI=1S/C17H23NO2/c19-15-11-13-7-3-4-8-14(13)17(15)18-16(20)10-9-12-5-1-2-6-12/h3-4,7-8,12,15,17,19H,1-2,5-6,9-11H2,(H,18,20)/t15-,17+/m1/s1. The fourth-order valence-electron chi connectivity index (χ4n) is 3.63. The Hall–Kier alpha value is -1.35. The molecule has 3 rings (SSSR count). The number of rotatable bonds is 4. The van der Waals surface area contributed by atoms with Crippen molar-refractivity contribution in [3.63, 3.8) is 0 Å². The van der Waals surface area contributed by atoms with E-state index < -0.39 is 6.10 Å². The van der Waals surface area contributed by atoms with Gasteiger partial charge < -0.3 is 10.4 Å². The normalized spacial score (nSPS) is 25.6. The highest BCUT2D eigenvalue weighted by molar-refractivity contribution is 5.76. The molecule has 2 atom stereocenters. The van der Waals surface area contributed by atoms with Crippen LogP contribution in [0.15, 0.2) is 24.3 Å². The number of hydrogen-bond donors (Lipinski definition) is 2. The molecular formula is C17H23NO2. The third-order valence-electron chi connectivity index (χ3n) is 4.77. The Kier molecular flexibility index (Phi) is 4.06. The van der Waals surface area contributed by atoms with E-state index in [1.807, 2.05) is 24.3 Å². The largest absolute Gasteiger partial charge is 0.390 e. The summed E-state index contributed by atoms with van der Waals surface area (Å²) in [4.78, 5) is 12.1.